The van der Waals surface area contributed by atoms with Crippen LogP contribution in [0.1, 0.15) is 47.4 Å². The molecular formula is C11H16N2O4. The second-order valence-corrected chi connectivity index (χ2v) is 4.66. The maximum atomic E-state index is 11.9. The molecule has 0 bridgehead atoms. The summed E-state index contributed by atoms with van der Waals surface area (Å²) in [5.74, 6) is -0.839. The Kier molecular flexibility index (Phi) is 3.55. The summed E-state index contributed by atoms with van der Waals surface area (Å²) in [7, 11) is 1.24. The first kappa shape index (κ1) is 13.2. The summed E-state index contributed by atoms with van der Waals surface area (Å²) < 4.78 is 9.42. The third kappa shape index (κ3) is 3.05. The number of methoxy groups -OCH3 is 1. The largest absolute Gasteiger partial charge is 0.465 e. The van der Waals surface area contributed by atoms with Gasteiger partial charge in [-0.15, -0.1) is 0 Å². The Morgan fingerprint density at radius 3 is 2.41 bits per heavy atom. The fraction of sp³-hybridized carbons (Fsp3) is 0.545. The second-order valence-electron chi connectivity index (χ2n) is 4.66. The summed E-state index contributed by atoms with van der Waals surface area (Å²) in [4.78, 5) is 23.4. The molecule has 0 spiro atoms. The van der Waals surface area contributed by atoms with E-state index in [1.54, 1.807) is 6.92 Å². The lowest BCUT2D eigenvalue weighted by atomic mass is 10.1. The van der Waals surface area contributed by atoms with Crippen LogP contribution >= 0.6 is 0 Å². The van der Waals surface area contributed by atoms with Crippen molar-refractivity contribution in [1.82, 2.24) is 10.5 Å². The summed E-state index contributed by atoms with van der Waals surface area (Å²) in [5, 5.41) is 6.28. The minimum atomic E-state index is -0.636. The first-order chi connectivity index (χ1) is 7.76. The predicted molar refractivity (Wildman–Crippen MR) is 59.8 cm³/mol. The van der Waals surface area contributed by atoms with Crippen LogP contribution in [0.2, 0.25) is 0 Å². The average Bonchev–Trinajstić information content (AvgIpc) is 2.56. The highest BCUT2D eigenvalue weighted by atomic mass is 16.5. The Morgan fingerprint density at radius 1 is 1.35 bits per heavy atom. The molecule has 6 heteroatoms. The van der Waals surface area contributed by atoms with Crippen molar-refractivity contribution in [1.29, 1.82) is 0 Å². The van der Waals surface area contributed by atoms with Gasteiger partial charge in [0, 0.05) is 5.54 Å². The van der Waals surface area contributed by atoms with Gasteiger partial charge in [0.05, 0.1) is 7.11 Å². The Morgan fingerprint density at radius 2 is 1.94 bits per heavy atom. The lowest BCUT2D eigenvalue weighted by Gasteiger charge is -2.19. The van der Waals surface area contributed by atoms with Crippen LogP contribution in [0.5, 0.6) is 0 Å². The zero-order chi connectivity index (χ0) is 13.2. The van der Waals surface area contributed by atoms with Crippen LogP contribution in [0.4, 0.5) is 0 Å². The Labute approximate surface area is 99.3 Å². The van der Waals surface area contributed by atoms with Crippen LogP contribution in [-0.4, -0.2) is 29.7 Å². The highest BCUT2D eigenvalue weighted by Crippen LogP contribution is 2.15. The summed E-state index contributed by atoms with van der Waals surface area (Å²) in [6.07, 6.45) is 0. The number of aryl methyl sites for hydroxylation is 1. The molecular weight excluding hydrogens is 224 g/mol. The molecule has 0 fully saturated rings. The van der Waals surface area contributed by atoms with E-state index < -0.39 is 17.4 Å². The number of nitrogens with zero attached hydrogens (tertiary/aromatic N) is 1. The van der Waals surface area contributed by atoms with E-state index in [1.807, 2.05) is 20.8 Å². The van der Waals surface area contributed by atoms with E-state index in [4.69, 9.17) is 4.52 Å². The van der Waals surface area contributed by atoms with Gasteiger partial charge < -0.3 is 14.6 Å². The van der Waals surface area contributed by atoms with Crippen molar-refractivity contribution in [2.24, 2.45) is 0 Å². The second kappa shape index (κ2) is 4.57. The highest BCUT2D eigenvalue weighted by molar-refractivity contribution is 6.04. The topological polar surface area (TPSA) is 81.4 Å². The first-order valence-electron chi connectivity index (χ1n) is 5.13. The van der Waals surface area contributed by atoms with Crippen molar-refractivity contribution in [3.05, 3.63) is 17.0 Å². The summed E-state index contributed by atoms with van der Waals surface area (Å²) >= 11 is 0. The molecule has 1 rings (SSSR count). The molecule has 0 aromatic carbocycles. The molecule has 0 atom stereocenters. The first-order valence-corrected chi connectivity index (χ1v) is 5.13. The number of amides is 1. The summed E-state index contributed by atoms with van der Waals surface area (Å²) in [5.41, 5.74) is -0.407. The van der Waals surface area contributed by atoms with E-state index in [0.717, 1.165) is 0 Å². The van der Waals surface area contributed by atoms with Crippen LogP contribution in [0.3, 0.4) is 0 Å². The third-order valence-electron chi connectivity index (χ3n) is 1.96. The smallest absolute Gasteiger partial charge is 0.343 e. The molecule has 1 amide bonds. The average molecular weight is 240 g/mol. The zero-order valence-electron chi connectivity index (χ0n) is 10.6. The Bertz CT molecular complexity index is 443. The van der Waals surface area contributed by atoms with Gasteiger partial charge in [-0.05, 0) is 27.7 Å². The van der Waals surface area contributed by atoms with Crippen molar-refractivity contribution < 1.29 is 18.8 Å². The molecule has 1 aromatic heterocycles. The van der Waals surface area contributed by atoms with Gasteiger partial charge >= 0.3 is 5.97 Å². The van der Waals surface area contributed by atoms with Crippen LogP contribution in [0.25, 0.3) is 0 Å². The maximum absolute atomic E-state index is 11.9. The molecule has 1 aromatic rings. The van der Waals surface area contributed by atoms with Gasteiger partial charge in [0.1, 0.15) is 11.3 Å². The number of hydrogen-bond donors (Lipinski definition) is 1. The number of rotatable bonds is 2. The van der Waals surface area contributed by atoms with E-state index in [2.05, 4.69) is 15.2 Å². The number of hydrogen-bond acceptors (Lipinski definition) is 5. The van der Waals surface area contributed by atoms with Crippen molar-refractivity contribution in [2.45, 2.75) is 33.2 Å². The van der Waals surface area contributed by atoms with E-state index in [1.165, 1.54) is 7.11 Å². The number of aromatic nitrogens is 1. The molecule has 0 aliphatic carbocycles. The number of ether oxygens (including phenoxy) is 1. The van der Waals surface area contributed by atoms with Crippen LogP contribution in [0, 0.1) is 6.92 Å². The maximum Gasteiger partial charge on any atom is 0.343 e. The standard InChI is InChI=1S/C11H16N2O4/c1-6-7(10(15)16-5)8(13-17-6)9(14)12-11(2,3)4/h1-5H3,(H,12,14). The molecule has 1 heterocycles. The van der Waals surface area contributed by atoms with Crippen LogP contribution in [-0.2, 0) is 4.74 Å². The SMILES string of the molecule is COC(=O)c1c(C(=O)NC(C)(C)C)noc1C. The summed E-state index contributed by atoms with van der Waals surface area (Å²) in [6.45, 7) is 7.04. The van der Waals surface area contributed by atoms with Crippen molar-refractivity contribution in [3.8, 4) is 0 Å². The Balaban J connectivity index is 3.07. The Hall–Kier alpha value is -1.85. The minimum Gasteiger partial charge on any atom is -0.465 e. The third-order valence-corrected chi connectivity index (χ3v) is 1.96. The van der Waals surface area contributed by atoms with Gasteiger partial charge in [-0.25, -0.2) is 4.79 Å². The fourth-order valence-electron chi connectivity index (χ4n) is 1.27. The van der Waals surface area contributed by atoms with E-state index >= 15 is 0 Å². The zero-order valence-corrected chi connectivity index (χ0v) is 10.6. The molecule has 17 heavy (non-hydrogen) atoms. The molecule has 6 nitrogen and oxygen atoms in total. The van der Waals surface area contributed by atoms with Crippen LogP contribution in [0.15, 0.2) is 4.52 Å². The summed E-state index contributed by atoms with van der Waals surface area (Å²) in [6, 6.07) is 0. The molecule has 0 saturated heterocycles. The van der Waals surface area contributed by atoms with Gasteiger partial charge in [0.2, 0.25) is 0 Å². The lowest BCUT2D eigenvalue weighted by molar-refractivity contribution is 0.0594. The van der Waals surface area contributed by atoms with Gasteiger partial charge in [-0.1, -0.05) is 5.16 Å². The van der Waals surface area contributed by atoms with E-state index in [-0.39, 0.29) is 17.0 Å². The van der Waals surface area contributed by atoms with Crippen molar-refractivity contribution in [3.63, 3.8) is 0 Å². The van der Waals surface area contributed by atoms with Gasteiger partial charge in [0.15, 0.2) is 5.69 Å². The van der Waals surface area contributed by atoms with Crippen LogP contribution < -0.4 is 5.32 Å². The van der Waals surface area contributed by atoms with Crippen molar-refractivity contribution in [2.75, 3.05) is 7.11 Å². The molecule has 0 unspecified atom stereocenters. The molecule has 0 aliphatic heterocycles. The lowest BCUT2D eigenvalue weighted by Crippen LogP contribution is -2.41. The molecule has 0 aliphatic rings. The minimum absolute atomic E-state index is 0.0516. The molecule has 0 saturated carbocycles. The normalized spacial score (nSPS) is 11.1. The fourth-order valence-corrected chi connectivity index (χ4v) is 1.27. The molecule has 0 radical (unpaired) electrons. The number of carbonyl (C=O) groups is 2. The van der Waals surface area contributed by atoms with E-state index in [0.29, 0.717) is 0 Å². The van der Waals surface area contributed by atoms with Gasteiger partial charge in [-0.2, -0.15) is 0 Å². The number of nitrogens with one attached hydrogen (secondary N) is 1. The predicted octanol–water partition coefficient (Wildman–Crippen LogP) is 1.30. The number of carbonyl (C=O) groups excluding carboxylic acids is 2. The highest BCUT2D eigenvalue weighted by Gasteiger charge is 2.27. The van der Waals surface area contributed by atoms with Gasteiger partial charge in [-0.3, -0.25) is 4.79 Å². The number of esters is 1. The van der Waals surface area contributed by atoms with E-state index in [9.17, 15) is 9.59 Å². The quantitative estimate of drug-likeness (QED) is 0.788. The molecule has 94 valence electrons. The van der Waals surface area contributed by atoms with Crippen molar-refractivity contribution >= 4 is 11.9 Å². The van der Waals surface area contributed by atoms with Gasteiger partial charge in [0.25, 0.3) is 5.91 Å². The monoisotopic (exact) mass is 240 g/mol. The molecule has 1 N–H and O–H groups in total.